The van der Waals surface area contributed by atoms with Crippen molar-refractivity contribution in [3.63, 3.8) is 0 Å². The number of nitrogens with zero attached hydrogens (tertiary/aromatic N) is 1. The number of rotatable bonds is 6. The van der Waals surface area contributed by atoms with Crippen molar-refractivity contribution in [2.24, 2.45) is 0 Å². The molecule has 0 atom stereocenters. The summed E-state index contributed by atoms with van der Waals surface area (Å²) in [6, 6.07) is 0. The molecule has 0 spiro atoms. The van der Waals surface area contributed by atoms with Crippen LogP contribution in [0.25, 0.3) is 0 Å². The minimum absolute atomic E-state index is 0.0274. The molecule has 0 aromatic heterocycles. The number of hydrogen-bond donors (Lipinski definition) is 2. The maximum atomic E-state index is 10.4. The van der Waals surface area contributed by atoms with Crippen molar-refractivity contribution >= 4 is 24.5 Å². The van der Waals surface area contributed by atoms with E-state index in [0.29, 0.717) is 0 Å². The summed E-state index contributed by atoms with van der Waals surface area (Å²) in [5.41, 5.74) is 0. The van der Waals surface area contributed by atoms with Gasteiger partial charge in [0.2, 0.25) is 0 Å². The van der Waals surface area contributed by atoms with Gasteiger partial charge in [-0.25, -0.2) is 0 Å². The van der Waals surface area contributed by atoms with Gasteiger partial charge >= 0.3 is 7.60 Å². The van der Waals surface area contributed by atoms with Crippen molar-refractivity contribution in [1.29, 1.82) is 0 Å². The lowest BCUT2D eigenvalue weighted by molar-refractivity contribution is 0.326. The van der Waals surface area contributed by atoms with Gasteiger partial charge < -0.3 is 9.79 Å². The summed E-state index contributed by atoms with van der Waals surface area (Å²) in [6.07, 6.45) is -0.571. The molecule has 0 saturated heterocycles. The topological polar surface area (TPSA) is 94.9 Å². The first-order valence-electron chi connectivity index (χ1n) is 2.85. The molecule has 0 fully saturated rings. The van der Waals surface area contributed by atoms with Gasteiger partial charge in [0.1, 0.15) is 6.29 Å². The van der Waals surface area contributed by atoms with Crippen molar-refractivity contribution in [3.8, 4) is 0 Å². The third kappa shape index (κ3) is 6.99. The molecule has 0 bridgehead atoms. The summed E-state index contributed by atoms with van der Waals surface area (Å²) in [5.74, 6) is 0. The van der Waals surface area contributed by atoms with Crippen molar-refractivity contribution in [3.05, 3.63) is 0 Å². The van der Waals surface area contributed by atoms with Crippen LogP contribution < -0.4 is 0 Å². The Labute approximate surface area is 72.5 Å². The summed E-state index contributed by atoms with van der Waals surface area (Å²) in [6.45, 7) is 0. The van der Waals surface area contributed by atoms with E-state index in [-0.39, 0.29) is 29.5 Å². The summed E-state index contributed by atoms with van der Waals surface area (Å²) in [4.78, 5) is 18.2. The van der Waals surface area contributed by atoms with Crippen LogP contribution in [0, 0.1) is 0 Å². The van der Waals surface area contributed by atoms with Crippen LogP contribution in [-0.4, -0.2) is 33.5 Å². The zero-order chi connectivity index (χ0) is 9.61. The zero-order valence-electron chi connectivity index (χ0n) is 6.03. The fourth-order valence-electron chi connectivity index (χ4n) is 0.558. The van der Waals surface area contributed by atoms with Crippen molar-refractivity contribution in [2.75, 3.05) is 18.9 Å². The standard InChI is InChI=1S/C3H8NO5P3/c5-10-1-4(2-11-6)3-12(7,8)9/h1-3H2,(H2,7,8,9). The quantitative estimate of drug-likeness (QED) is 0.660. The molecule has 0 aliphatic rings. The normalized spacial score (nSPS) is 12.9. The van der Waals surface area contributed by atoms with Gasteiger partial charge in [0.25, 0.3) is 0 Å². The molecule has 0 aromatic carbocycles. The third-order valence-corrected chi connectivity index (χ3v) is 2.70. The highest BCUT2D eigenvalue weighted by Gasteiger charge is 2.18. The zero-order valence-corrected chi connectivity index (χ0v) is 8.71. The second-order valence-electron chi connectivity index (χ2n) is 2.02. The molecule has 12 heavy (non-hydrogen) atoms. The lowest BCUT2D eigenvalue weighted by Gasteiger charge is -2.15. The van der Waals surface area contributed by atoms with Crippen molar-refractivity contribution < 1.29 is 23.5 Å². The minimum Gasteiger partial charge on any atom is -0.324 e. The SMILES string of the molecule is O=PCN(CP=O)CP(=O)(O)O. The summed E-state index contributed by atoms with van der Waals surface area (Å²) < 4.78 is 30.6. The van der Waals surface area contributed by atoms with Crippen LogP contribution in [0.3, 0.4) is 0 Å². The molecule has 0 aliphatic heterocycles. The Morgan fingerprint density at radius 3 is 1.83 bits per heavy atom. The molecule has 6 nitrogen and oxygen atoms in total. The summed E-state index contributed by atoms with van der Waals surface area (Å²) in [7, 11) is -4.64. The van der Waals surface area contributed by atoms with Gasteiger partial charge in [-0.1, -0.05) is 0 Å². The summed E-state index contributed by atoms with van der Waals surface area (Å²) in [5, 5.41) is 0. The van der Waals surface area contributed by atoms with Crippen LogP contribution in [0.2, 0.25) is 0 Å². The van der Waals surface area contributed by atoms with E-state index < -0.39 is 13.9 Å². The second kappa shape index (κ2) is 5.87. The highest BCUT2D eigenvalue weighted by Crippen LogP contribution is 2.35. The largest absolute Gasteiger partial charge is 0.339 e. The van der Waals surface area contributed by atoms with Gasteiger partial charge in [-0.3, -0.25) is 18.6 Å². The highest BCUT2D eigenvalue weighted by molar-refractivity contribution is 7.51. The minimum atomic E-state index is -4.14. The molecule has 0 aromatic rings. The van der Waals surface area contributed by atoms with Crippen LogP contribution in [0.4, 0.5) is 0 Å². The highest BCUT2D eigenvalue weighted by atomic mass is 31.2. The average molecular weight is 231 g/mol. The Hall–Kier alpha value is 0.310. The van der Waals surface area contributed by atoms with Crippen LogP contribution >= 0.6 is 24.5 Å². The maximum Gasteiger partial charge on any atom is 0.339 e. The van der Waals surface area contributed by atoms with Crippen LogP contribution in [0.1, 0.15) is 0 Å². The lowest BCUT2D eigenvalue weighted by Crippen LogP contribution is -2.21. The first-order valence-corrected chi connectivity index (χ1v) is 6.64. The Morgan fingerprint density at radius 1 is 1.17 bits per heavy atom. The molecule has 70 valence electrons. The van der Waals surface area contributed by atoms with E-state index in [1.807, 2.05) is 0 Å². The molecule has 0 rings (SSSR count). The van der Waals surface area contributed by atoms with Gasteiger partial charge in [0.15, 0.2) is 16.9 Å². The molecule has 0 amide bonds. The van der Waals surface area contributed by atoms with Gasteiger partial charge in [-0.15, -0.1) is 0 Å². The van der Waals surface area contributed by atoms with Gasteiger partial charge in [-0.2, -0.15) is 0 Å². The Kier molecular flexibility index (Phi) is 6.02. The first-order chi connectivity index (χ1) is 5.49. The fraction of sp³-hybridized carbons (Fsp3) is 1.00. The van der Waals surface area contributed by atoms with Crippen LogP contribution in [-0.2, 0) is 13.7 Å². The van der Waals surface area contributed by atoms with Crippen molar-refractivity contribution in [2.45, 2.75) is 0 Å². The van der Waals surface area contributed by atoms with E-state index >= 15 is 0 Å². The molecule has 0 radical (unpaired) electrons. The van der Waals surface area contributed by atoms with E-state index in [1.54, 1.807) is 0 Å². The molecule has 2 N–H and O–H groups in total. The molecular weight excluding hydrogens is 223 g/mol. The van der Waals surface area contributed by atoms with Gasteiger partial charge in [-0.05, 0) is 0 Å². The molecule has 0 heterocycles. The van der Waals surface area contributed by atoms with E-state index in [1.165, 1.54) is 0 Å². The second-order valence-corrected chi connectivity index (χ2v) is 4.71. The third-order valence-electron chi connectivity index (χ3n) is 0.900. The Balaban J connectivity index is 4.02. The van der Waals surface area contributed by atoms with E-state index in [2.05, 4.69) is 0 Å². The molecule has 0 unspecified atom stereocenters. The Bertz CT molecular complexity index is 192. The van der Waals surface area contributed by atoms with Gasteiger partial charge in [0.05, 0.1) is 12.6 Å². The molecule has 0 saturated carbocycles. The monoisotopic (exact) mass is 231 g/mol. The smallest absolute Gasteiger partial charge is 0.324 e. The van der Waals surface area contributed by atoms with E-state index in [0.717, 1.165) is 4.90 Å². The predicted octanol–water partition coefficient (Wildman–Crippen LogP) is 0.922. The first kappa shape index (κ1) is 12.3. The molecule has 0 aliphatic carbocycles. The lowest BCUT2D eigenvalue weighted by atomic mass is 11.0. The average Bonchev–Trinajstić information content (AvgIpc) is 1.84. The van der Waals surface area contributed by atoms with E-state index in [4.69, 9.17) is 9.79 Å². The van der Waals surface area contributed by atoms with Gasteiger partial charge in [0, 0.05) is 0 Å². The van der Waals surface area contributed by atoms with E-state index in [9.17, 15) is 13.7 Å². The van der Waals surface area contributed by atoms with Crippen LogP contribution in [0.5, 0.6) is 0 Å². The number of hydrogen-bond acceptors (Lipinski definition) is 4. The predicted molar refractivity (Wildman–Crippen MR) is 43.7 cm³/mol. The molecular formula is C3H8NO5P3. The van der Waals surface area contributed by atoms with Crippen LogP contribution in [0.15, 0.2) is 0 Å². The molecule has 9 heteroatoms. The Morgan fingerprint density at radius 2 is 1.58 bits per heavy atom. The summed E-state index contributed by atoms with van der Waals surface area (Å²) >= 11 is 0. The maximum absolute atomic E-state index is 10.4. The fourth-order valence-corrected chi connectivity index (χ4v) is 2.48. The van der Waals surface area contributed by atoms with Crippen molar-refractivity contribution in [1.82, 2.24) is 4.90 Å².